The number of hydrogen-bond donors (Lipinski definition) is 1. The quantitative estimate of drug-likeness (QED) is 0.799. The molecule has 1 N–H and O–H groups in total. The first-order valence-corrected chi connectivity index (χ1v) is 8.36. The van der Waals surface area contributed by atoms with Gasteiger partial charge in [0.1, 0.15) is 11.2 Å². The van der Waals surface area contributed by atoms with Crippen LogP contribution >= 0.6 is 0 Å². The number of nitrogens with zero attached hydrogens (tertiary/aromatic N) is 3. The van der Waals surface area contributed by atoms with Crippen LogP contribution in [0.2, 0.25) is 0 Å². The van der Waals surface area contributed by atoms with Crippen molar-refractivity contribution in [1.29, 1.82) is 0 Å². The molecule has 3 aromatic rings. The van der Waals surface area contributed by atoms with Crippen LogP contribution in [0.4, 0.5) is 11.4 Å². The fourth-order valence-corrected chi connectivity index (χ4v) is 3.19. The molecule has 0 atom stereocenters. The van der Waals surface area contributed by atoms with E-state index in [1.54, 1.807) is 24.4 Å². The molecule has 1 aliphatic rings. The third-order valence-electron chi connectivity index (χ3n) is 4.46. The molecule has 1 saturated heterocycles. The number of hydrogen-bond acceptors (Lipinski definition) is 4. The van der Waals surface area contributed by atoms with Crippen LogP contribution < -0.4 is 15.8 Å². The zero-order valence-corrected chi connectivity index (χ0v) is 13.7. The van der Waals surface area contributed by atoms with Crippen LogP contribution in [0.1, 0.15) is 23.2 Å². The average molecular weight is 334 g/mol. The Bertz CT molecular complexity index is 990. The van der Waals surface area contributed by atoms with E-state index in [2.05, 4.69) is 15.2 Å². The van der Waals surface area contributed by atoms with E-state index < -0.39 is 5.91 Å². The second-order valence-corrected chi connectivity index (χ2v) is 6.07. The molecular formula is C19H18N4O2. The predicted molar refractivity (Wildman–Crippen MR) is 97.3 cm³/mol. The highest BCUT2D eigenvalue weighted by Gasteiger charge is 2.18. The molecule has 1 amide bonds. The molecule has 6 heteroatoms. The summed E-state index contributed by atoms with van der Waals surface area (Å²) in [4.78, 5) is 31.7. The summed E-state index contributed by atoms with van der Waals surface area (Å²) in [6.45, 7) is 1.96. The Labute approximate surface area is 144 Å². The number of rotatable bonds is 3. The summed E-state index contributed by atoms with van der Waals surface area (Å²) in [5.41, 5.74) is 1.87. The Morgan fingerprint density at radius 2 is 1.80 bits per heavy atom. The highest BCUT2D eigenvalue weighted by Crippen LogP contribution is 2.28. The third kappa shape index (κ3) is 2.87. The minimum Gasteiger partial charge on any atom is -0.370 e. The lowest BCUT2D eigenvalue weighted by Gasteiger charge is -2.21. The van der Waals surface area contributed by atoms with Crippen LogP contribution in [0.15, 0.2) is 59.7 Å². The topological polar surface area (TPSA) is 66.7 Å². The fourth-order valence-electron chi connectivity index (χ4n) is 3.19. The highest BCUT2D eigenvalue weighted by atomic mass is 16.2. The van der Waals surface area contributed by atoms with E-state index in [1.165, 1.54) is 10.6 Å². The molecule has 0 aliphatic carbocycles. The third-order valence-corrected chi connectivity index (χ3v) is 4.46. The molecule has 0 spiro atoms. The van der Waals surface area contributed by atoms with Crippen molar-refractivity contribution in [3.8, 4) is 0 Å². The summed E-state index contributed by atoms with van der Waals surface area (Å²) < 4.78 is 1.38. The van der Waals surface area contributed by atoms with Gasteiger partial charge in [-0.2, -0.15) is 0 Å². The number of amides is 1. The van der Waals surface area contributed by atoms with Crippen LogP contribution in [0.5, 0.6) is 0 Å². The molecular weight excluding hydrogens is 316 g/mol. The minimum atomic E-state index is -0.442. The molecule has 6 nitrogen and oxygen atoms in total. The van der Waals surface area contributed by atoms with E-state index in [4.69, 9.17) is 0 Å². The first-order valence-electron chi connectivity index (χ1n) is 8.36. The van der Waals surface area contributed by atoms with Gasteiger partial charge in [-0.3, -0.25) is 14.0 Å². The Morgan fingerprint density at radius 3 is 2.64 bits per heavy atom. The van der Waals surface area contributed by atoms with Crippen LogP contribution in [-0.4, -0.2) is 28.4 Å². The number of carbonyl (C=O) groups is 1. The smallest absolute Gasteiger partial charge is 0.270 e. The van der Waals surface area contributed by atoms with Crippen LogP contribution in [0, 0.1) is 0 Å². The normalized spacial score (nSPS) is 14.0. The zero-order chi connectivity index (χ0) is 17.2. The van der Waals surface area contributed by atoms with Gasteiger partial charge in [-0.25, -0.2) is 4.98 Å². The summed E-state index contributed by atoms with van der Waals surface area (Å²) in [6, 6.07) is 12.9. The standard InChI is InChI=1S/C19H18N4O2/c24-18(14-13-20-17-9-3-4-12-23(17)19(14)25)21-15-7-1-2-8-16(15)22-10-5-6-11-22/h1-4,7-9,12-13H,5-6,10-11H2,(H,21,24). The Balaban J connectivity index is 1.67. The number of carbonyl (C=O) groups excluding carboxylic acids is 1. The molecule has 1 fully saturated rings. The van der Waals surface area contributed by atoms with E-state index in [0.717, 1.165) is 31.6 Å². The monoisotopic (exact) mass is 334 g/mol. The number of aromatic nitrogens is 2. The molecule has 1 aliphatic heterocycles. The van der Waals surface area contributed by atoms with E-state index >= 15 is 0 Å². The predicted octanol–water partition coefficient (Wildman–Crippen LogP) is 2.55. The van der Waals surface area contributed by atoms with Gasteiger partial charge in [-0.1, -0.05) is 18.2 Å². The first-order chi connectivity index (χ1) is 12.2. The fraction of sp³-hybridized carbons (Fsp3) is 0.211. The van der Waals surface area contributed by atoms with E-state index in [0.29, 0.717) is 11.3 Å². The summed E-state index contributed by atoms with van der Waals surface area (Å²) in [6.07, 6.45) is 5.25. The molecule has 0 saturated carbocycles. The van der Waals surface area contributed by atoms with Crippen molar-refractivity contribution >= 4 is 22.9 Å². The molecule has 25 heavy (non-hydrogen) atoms. The van der Waals surface area contributed by atoms with Gasteiger partial charge in [-0.05, 0) is 37.1 Å². The summed E-state index contributed by atoms with van der Waals surface area (Å²) in [5.74, 6) is -0.442. The van der Waals surface area contributed by atoms with Crippen LogP contribution in [0.25, 0.3) is 5.65 Å². The summed E-state index contributed by atoms with van der Waals surface area (Å²) in [5, 5.41) is 2.88. The van der Waals surface area contributed by atoms with Crippen molar-refractivity contribution in [3.05, 3.63) is 70.8 Å². The van der Waals surface area contributed by atoms with E-state index in [9.17, 15) is 9.59 Å². The molecule has 2 aromatic heterocycles. The minimum absolute atomic E-state index is 0.0277. The zero-order valence-electron chi connectivity index (χ0n) is 13.7. The Hall–Kier alpha value is -3.15. The maximum Gasteiger partial charge on any atom is 0.270 e. The van der Waals surface area contributed by atoms with Crippen molar-refractivity contribution in [1.82, 2.24) is 9.38 Å². The van der Waals surface area contributed by atoms with Crippen LogP contribution in [-0.2, 0) is 0 Å². The Kier molecular flexibility index (Phi) is 3.93. The molecule has 126 valence electrons. The van der Waals surface area contributed by atoms with Gasteiger partial charge in [0.05, 0.1) is 11.4 Å². The molecule has 3 heterocycles. The summed E-state index contributed by atoms with van der Waals surface area (Å²) >= 11 is 0. The lowest BCUT2D eigenvalue weighted by Crippen LogP contribution is -2.27. The van der Waals surface area contributed by atoms with E-state index in [-0.39, 0.29) is 11.1 Å². The van der Waals surface area contributed by atoms with Crippen LogP contribution in [0.3, 0.4) is 0 Å². The van der Waals surface area contributed by atoms with Crippen molar-refractivity contribution in [2.45, 2.75) is 12.8 Å². The summed E-state index contributed by atoms with van der Waals surface area (Å²) in [7, 11) is 0. The number of pyridine rings is 1. The second kappa shape index (κ2) is 6.39. The number of para-hydroxylation sites is 2. The molecule has 0 bridgehead atoms. The average Bonchev–Trinajstić information content (AvgIpc) is 3.17. The van der Waals surface area contributed by atoms with Gasteiger partial charge in [0, 0.05) is 25.5 Å². The van der Waals surface area contributed by atoms with Crippen molar-refractivity contribution < 1.29 is 4.79 Å². The number of nitrogens with one attached hydrogen (secondary N) is 1. The van der Waals surface area contributed by atoms with Crippen molar-refractivity contribution in [2.75, 3.05) is 23.3 Å². The molecule has 0 unspecified atom stereocenters. The van der Waals surface area contributed by atoms with Gasteiger partial charge < -0.3 is 10.2 Å². The second-order valence-electron chi connectivity index (χ2n) is 6.07. The molecule has 4 rings (SSSR count). The Morgan fingerprint density at radius 1 is 1.04 bits per heavy atom. The van der Waals surface area contributed by atoms with E-state index in [1.807, 2.05) is 24.3 Å². The number of benzene rings is 1. The van der Waals surface area contributed by atoms with Crippen molar-refractivity contribution in [3.63, 3.8) is 0 Å². The number of anilines is 2. The van der Waals surface area contributed by atoms with Gasteiger partial charge in [0.25, 0.3) is 11.5 Å². The first kappa shape index (κ1) is 15.4. The highest BCUT2D eigenvalue weighted by molar-refractivity contribution is 6.05. The molecule has 0 radical (unpaired) electrons. The van der Waals surface area contributed by atoms with Gasteiger partial charge >= 0.3 is 0 Å². The lowest BCUT2D eigenvalue weighted by molar-refractivity contribution is 0.102. The van der Waals surface area contributed by atoms with Gasteiger partial charge in [0.2, 0.25) is 0 Å². The number of fused-ring (bicyclic) bond motifs is 1. The largest absolute Gasteiger partial charge is 0.370 e. The maximum absolute atomic E-state index is 12.7. The maximum atomic E-state index is 12.7. The van der Waals surface area contributed by atoms with Gasteiger partial charge in [0.15, 0.2) is 0 Å². The molecule has 1 aromatic carbocycles. The van der Waals surface area contributed by atoms with Gasteiger partial charge in [-0.15, -0.1) is 0 Å². The lowest BCUT2D eigenvalue weighted by atomic mass is 10.2. The van der Waals surface area contributed by atoms with Crippen molar-refractivity contribution in [2.24, 2.45) is 0 Å². The SMILES string of the molecule is O=C(Nc1ccccc1N1CCCC1)c1cnc2ccccn2c1=O.